The Balaban J connectivity index is 1.85. The number of hydrogen-bond acceptors (Lipinski definition) is 4. The van der Waals surface area contributed by atoms with E-state index in [9.17, 15) is 14.4 Å². The van der Waals surface area contributed by atoms with Crippen LogP contribution < -0.4 is 16.0 Å². The van der Waals surface area contributed by atoms with Crippen molar-refractivity contribution in [2.24, 2.45) is 0 Å². The summed E-state index contributed by atoms with van der Waals surface area (Å²) in [5.74, 6) is -0.514. The van der Waals surface area contributed by atoms with Crippen LogP contribution in [0.5, 0.6) is 0 Å². The van der Waals surface area contributed by atoms with Crippen molar-refractivity contribution in [2.75, 3.05) is 11.9 Å². The van der Waals surface area contributed by atoms with Crippen LogP contribution in [0.1, 0.15) is 31.9 Å². The molecule has 160 valence electrons. The molecule has 0 radical (unpaired) electrons. The number of nitrogens with one attached hydrogen (secondary N) is 3. The number of para-hydroxylation sites is 1. The number of benzene rings is 2. The Morgan fingerprint density at radius 1 is 0.933 bits per heavy atom. The molecule has 0 aliphatic heterocycles. The molecule has 2 rings (SSSR count). The zero-order valence-corrected chi connectivity index (χ0v) is 18.8. The van der Waals surface area contributed by atoms with Gasteiger partial charge in [-0.05, 0) is 50.1 Å². The second-order valence-corrected chi connectivity index (χ2v) is 8.56. The number of ether oxygens (including phenoxy) is 1. The van der Waals surface area contributed by atoms with Crippen LogP contribution in [0.15, 0.2) is 53.0 Å². The van der Waals surface area contributed by atoms with Crippen molar-refractivity contribution >= 4 is 39.5 Å². The molecular weight excluding hydrogens is 450 g/mol. The number of hydrogen-bond donors (Lipinski definition) is 3. The lowest BCUT2D eigenvalue weighted by atomic mass is 10.1. The first-order chi connectivity index (χ1) is 14.1. The maximum Gasteiger partial charge on any atom is 0.408 e. The second-order valence-electron chi connectivity index (χ2n) is 7.64. The lowest BCUT2D eigenvalue weighted by molar-refractivity contribution is -0.120. The van der Waals surface area contributed by atoms with Crippen LogP contribution in [0.3, 0.4) is 0 Å². The first-order valence-electron chi connectivity index (χ1n) is 9.48. The van der Waals surface area contributed by atoms with Crippen LogP contribution in [-0.2, 0) is 27.3 Å². The smallest absolute Gasteiger partial charge is 0.408 e. The number of carbonyl (C=O) groups is 3. The second kappa shape index (κ2) is 10.8. The zero-order chi connectivity index (χ0) is 22.1. The lowest BCUT2D eigenvalue weighted by Crippen LogP contribution is -2.39. The van der Waals surface area contributed by atoms with Crippen LogP contribution in [0.25, 0.3) is 0 Å². The van der Waals surface area contributed by atoms with Crippen molar-refractivity contribution in [1.29, 1.82) is 0 Å². The molecule has 0 heterocycles. The molecule has 0 atom stereocenters. The number of halogens is 1. The molecule has 0 bridgehead atoms. The van der Waals surface area contributed by atoms with Gasteiger partial charge in [0.1, 0.15) is 12.1 Å². The molecule has 30 heavy (non-hydrogen) atoms. The summed E-state index contributed by atoms with van der Waals surface area (Å²) < 4.78 is 6.04. The normalized spacial score (nSPS) is 10.8. The van der Waals surface area contributed by atoms with Crippen molar-refractivity contribution < 1.29 is 19.1 Å². The fourth-order valence-corrected chi connectivity index (χ4v) is 2.77. The van der Waals surface area contributed by atoms with E-state index in [1.807, 2.05) is 42.5 Å². The number of anilines is 1. The summed E-state index contributed by atoms with van der Waals surface area (Å²) in [5.41, 5.74) is 1.65. The minimum absolute atomic E-state index is 0.150. The molecule has 3 amide bonds. The molecule has 8 heteroatoms. The predicted octanol–water partition coefficient (Wildman–Crippen LogP) is 3.77. The van der Waals surface area contributed by atoms with Gasteiger partial charge >= 0.3 is 6.09 Å². The van der Waals surface area contributed by atoms with Crippen LogP contribution in [0, 0.1) is 0 Å². The number of carbonyl (C=O) groups excluding carboxylic acids is 3. The Kier molecular flexibility index (Phi) is 8.41. The largest absolute Gasteiger partial charge is 0.444 e. The van der Waals surface area contributed by atoms with Crippen molar-refractivity contribution in [2.45, 2.75) is 39.3 Å². The highest BCUT2D eigenvalue weighted by molar-refractivity contribution is 9.10. The van der Waals surface area contributed by atoms with Crippen molar-refractivity contribution in [1.82, 2.24) is 10.6 Å². The molecule has 0 fully saturated rings. The van der Waals surface area contributed by atoms with Gasteiger partial charge in [0.25, 0.3) is 0 Å². The van der Waals surface area contributed by atoms with Gasteiger partial charge in [-0.2, -0.15) is 0 Å². The summed E-state index contributed by atoms with van der Waals surface area (Å²) in [7, 11) is 0. The van der Waals surface area contributed by atoms with Gasteiger partial charge in [0, 0.05) is 16.7 Å². The highest BCUT2D eigenvalue weighted by Gasteiger charge is 2.16. The summed E-state index contributed by atoms with van der Waals surface area (Å²) in [6.07, 6.45) is -0.411. The van der Waals surface area contributed by atoms with Gasteiger partial charge in [0.15, 0.2) is 0 Å². The number of rotatable bonds is 7. The Morgan fingerprint density at radius 3 is 2.27 bits per heavy atom. The van der Waals surface area contributed by atoms with Gasteiger partial charge < -0.3 is 20.7 Å². The summed E-state index contributed by atoms with van der Waals surface area (Å²) in [4.78, 5) is 36.0. The van der Waals surface area contributed by atoms with Crippen LogP contribution in [0.2, 0.25) is 0 Å². The van der Waals surface area contributed by atoms with Gasteiger partial charge in [-0.25, -0.2) is 4.79 Å². The third-order valence-electron chi connectivity index (χ3n) is 3.84. The molecule has 0 aliphatic carbocycles. The average molecular weight is 476 g/mol. The molecule has 0 saturated carbocycles. The van der Waals surface area contributed by atoms with Crippen LogP contribution in [0.4, 0.5) is 10.5 Å². The van der Waals surface area contributed by atoms with Gasteiger partial charge in [-0.1, -0.05) is 46.3 Å². The number of amides is 3. The molecule has 0 aromatic heterocycles. The molecule has 0 unspecified atom stereocenters. The molecule has 7 nitrogen and oxygen atoms in total. The van der Waals surface area contributed by atoms with Crippen LogP contribution in [-0.4, -0.2) is 30.1 Å². The molecule has 2 aromatic carbocycles. The van der Waals surface area contributed by atoms with Crippen molar-refractivity contribution in [3.63, 3.8) is 0 Å². The minimum atomic E-state index is -0.654. The van der Waals surface area contributed by atoms with E-state index in [1.54, 1.807) is 26.8 Å². The molecule has 0 saturated heterocycles. The van der Waals surface area contributed by atoms with E-state index in [0.717, 1.165) is 15.6 Å². The Bertz CT molecular complexity index is 892. The highest BCUT2D eigenvalue weighted by Crippen LogP contribution is 2.16. The van der Waals surface area contributed by atoms with Gasteiger partial charge in [0.05, 0.1) is 6.42 Å². The third kappa shape index (κ3) is 8.65. The quantitative estimate of drug-likeness (QED) is 0.567. The van der Waals surface area contributed by atoms with E-state index in [2.05, 4.69) is 31.9 Å². The van der Waals surface area contributed by atoms with Gasteiger partial charge in [-0.3, -0.25) is 9.59 Å². The molecule has 3 N–H and O–H groups in total. The van der Waals surface area contributed by atoms with E-state index in [0.29, 0.717) is 5.69 Å². The summed E-state index contributed by atoms with van der Waals surface area (Å²) >= 11 is 3.37. The van der Waals surface area contributed by atoms with E-state index < -0.39 is 11.7 Å². The zero-order valence-electron chi connectivity index (χ0n) is 17.3. The van der Waals surface area contributed by atoms with Crippen molar-refractivity contribution in [3.8, 4) is 0 Å². The van der Waals surface area contributed by atoms with E-state index >= 15 is 0 Å². The fourth-order valence-electron chi connectivity index (χ4n) is 2.50. The Hall–Kier alpha value is -2.87. The van der Waals surface area contributed by atoms with E-state index in [4.69, 9.17) is 4.74 Å². The summed E-state index contributed by atoms with van der Waals surface area (Å²) in [6.45, 7) is 5.24. The first-order valence-corrected chi connectivity index (χ1v) is 10.3. The molecule has 0 aliphatic rings. The fraction of sp³-hybridized carbons (Fsp3) is 0.318. The Morgan fingerprint density at radius 2 is 1.60 bits per heavy atom. The topological polar surface area (TPSA) is 96.5 Å². The third-order valence-corrected chi connectivity index (χ3v) is 4.37. The first kappa shape index (κ1) is 23.4. The van der Waals surface area contributed by atoms with E-state index in [1.165, 1.54) is 0 Å². The molecule has 2 aromatic rings. The maximum absolute atomic E-state index is 12.4. The van der Waals surface area contributed by atoms with Crippen molar-refractivity contribution in [3.05, 3.63) is 64.1 Å². The van der Waals surface area contributed by atoms with Gasteiger partial charge in [-0.15, -0.1) is 0 Å². The number of alkyl carbamates (subject to hydrolysis) is 1. The maximum atomic E-state index is 12.4. The van der Waals surface area contributed by atoms with E-state index in [-0.39, 0.29) is 31.3 Å². The summed E-state index contributed by atoms with van der Waals surface area (Å²) in [5, 5.41) is 8.01. The predicted molar refractivity (Wildman–Crippen MR) is 119 cm³/mol. The monoisotopic (exact) mass is 475 g/mol. The highest BCUT2D eigenvalue weighted by atomic mass is 79.9. The minimum Gasteiger partial charge on any atom is -0.444 e. The Labute approximate surface area is 184 Å². The standard InChI is InChI=1S/C22H26BrN3O4/c1-22(2,3)30-21(29)25-14-20(28)24-13-16-6-4-5-7-18(16)26-19(27)12-15-8-10-17(23)11-9-15/h4-11H,12-14H2,1-3H3,(H,24,28)(H,25,29)(H,26,27). The molecular formula is C22H26BrN3O4. The molecule has 0 spiro atoms. The average Bonchev–Trinajstić information content (AvgIpc) is 2.66. The summed E-state index contributed by atoms with van der Waals surface area (Å²) in [6, 6.07) is 14.8. The van der Waals surface area contributed by atoms with Gasteiger partial charge in [0.2, 0.25) is 11.8 Å². The van der Waals surface area contributed by atoms with Crippen LogP contribution >= 0.6 is 15.9 Å². The lowest BCUT2D eigenvalue weighted by Gasteiger charge is -2.19. The SMILES string of the molecule is CC(C)(C)OC(=O)NCC(=O)NCc1ccccc1NC(=O)Cc1ccc(Br)cc1.